The van der Waals surface area contributed by atoms with Gasteiger partial charge in [0.05, 0.1) is 11.9 Å². The molecular weight excluding hydrogens is 282 g/mol. The van der Waals surface area contributed by atoms with Crippen LogP contribution in [0.3, 0.4) is 0 Å². The fourth-order valence-electron chi connectivity index (χ4n) is 4.16. The predicted octanol–water partition coefficient (Wildman–Crippen LogP) is 4.02. The lowest BCUT2D eigenvalue weighted by Gasteiger charge is -2.30. The Labute approximate surface area is 139 Å². The number of likely N-dealkylation sites (tertiary alicyclic amines) is 1. The number of fused-ring (bicyclic) bond motifs is 1. The van der Waals surface area contributed by atoms with Crippen molar-refractivity contribution in [2.24, 2.45) is 5.92 Å². The molecule has 4 rings (SSSR count). The highest BCUT2D eigenvalue weighted by Crippen LogP contribution is 2.36. The Bertz CT molecular complexity index is 638. The lowest BCUT2D eigenvalue weighted by molar-refractivity contribution is 0.186. The van der Waals surface area contributed by atoms with Gasteiger partial charge in [-0.15, -0.1) is 0 Å². The monoisotopic (exact) mass is 309 g/mol. The van der Waals surface area contributed by atoms with Crippen LogP contribution in [0.15, 0.2) is 36.5 Å². The van der Waals surface area contributed by atoms with Crippen LogP contribution < -0.4 is 0 Å². The fourth-order valence-corrected chi connectivity index (χ4v) is 4.16. The van der Waals surface area contributed by atoms with Crippen LogP contribution in [-0.2, 0) is 6.42 Å². The maximum atomic E-state index is 4.67. The molecule has 1 unspecified atom stereocenters. The molecule has 1 aliphatic carbocycles. The Morgan fingerprint density at radius 2 is 1.87 bits per heavy atom. The number of para-hydroxylation sites is 1. The maximum absolute atomic E-state index is 4.67. The summed E-state index contributed by atoms with van der Waals surface area (Å²) in [5.74, 6) is 1.63. The molecule has 0 spiro atoms. The normalized spacial score (nSPS) is 22.4. The molecule has 3 nitrogen and oxygen atoms in total. The number of aromatic nitrogens is 2. The first-order valence-electron chi connectivity index (χ1n) is 9.16. The van der Waals surface area contributed by atoms with E-state index in [1.165, 1.54) is 68.7 Å². The van der Waals surface area contributed by atoms with Gasteiger partial charge in [-0.1, -0.05) is 25.1 Å². The van der Waals surface area contributed by atoms with E-state index in [-0.39, 0.29) is 0 Å². The van der Waals surface area contributed by atoms with Crippen LogP contribution in [0.2, 0.25) is 0 Å². The van der Waals surface area contributed by atoms with Gasteiger partial charge < -0.3 is 4.90 Å². The zero-order valence-electron chi connectivity index (χ0n) is 14.1. The molecule has 2 aromatic rings. The Hall–Kier alpha value is -1.61. The van der Waals surface area contributed by atoms with Crippen LogP contribution in [0, 0.1) is 5.92 Å². The second-order valence-electron chi connectivity index (χ2n) is 7.34. The van der Waals surface area contributed by atoms with Gasteiger partial charge in [0.2, 0.25) is 0 Å². The Kier molecular flexibility index (Phi) is 4.21. The molecule has 2 heterocycles. The van der Waals surface area contributed by atoms with Crippen LogP contribution >= 0.6 is 0 Å². The molecule has 1 aliphatic heterocycles. The van der Waals surface area contributed by atoms with E-state index in [0.29, 0.717) is 5.92 Å². The fraction of sp³-hybridized carbons (Fsp3) is 0.550. The van der Waals surface area contributed by atoms with Crippen LogP contribution in [0.25, 0.3) is 5.69 Å². The van der Waals surface area contributed by atoms with Crippen molar-refractivity contribution in [3.63, 3.8) is 0 Å². The van der Waals surface area contributed by atoms with E-state index in [1.807, 2.05) is 0 Å². The van der Waals surface area contributed by atoms with Crippen LogP contribution in [0.5, 0.6) is 0 Å². The molecule has 1 saturated heterocycles. The van der Waals surface area contributed by atoms with E-state index in [4.69, 9.17) is 0 Å². The van der Waals surface area contributed by atoms with Gasteiger partial charge in [0.1, 0.15) is 0 Å². The number of hydrogen-bond acceptors (Lipinski definition) is 2. The van der Waals surface area contributed by atoms with Crippen molar-refractivity contribution in [1.82, 2.24) is 14.7 Å². The second kappa shape index (κ2) is 6.48. The minimum Gasteiger partial charge on any atom is -0.303 e. The van der Waals surface area contributed by atoms with Gasteiger partial charge in [-0.3, -0.25) is 0 Å². The number of nitrogens with zero attached hydrogens (tertiary/aromatic N) is 3. The van der Waals surface area contributed by atoms with Crippen LogP contribution in [-0.4, -0.2) is 34.3 Å². The second-order valence-corrected chi connectivity index (χ2v) is 7.34. The molecule has 3 heteroatoms. The third-order valence-electron chi connectivity index (χ3n) is 5.74. The summed E-state index contributed by atoms with van der Waals surface area (Å²) >= 11 is 0. The highest BCUT2D eigenvalue weighted by Gasteiger charge is 2.27. The van der Waals surface area contributed by atoms with E-state index >= 15 is 0 Å². The first-order chi connectivity index (χ1) is 11.3. The SMILES string of the molecule is CC1CCN(CCC2CCc3c2cnn3-c2ccccc2)CC1. The predicted molar refractivity (Wildman–Crippen MR) is 94.1 cm³/mol. The molecule has 1 aromatic carbocycles. The van der Waals surface area contributed by atoms with Gasteiger partial charge in [0, 0.05) is 5.69 Å². The number of benzene rings is 1. The molecule has 1 aromatic heterocycles. The van der Waals surface area contributed by atoms with Crippen molar-refractivity contribution in [1.29, 1.82) is 0 Å². The van der Waals surface area contributed by atoms with Gasteiger partial charge in [-0.05, 0) is 81.3 Å². The van der Waals surface area contributed by atoms with Crippen molar-refractivity contribution in [2.45, 2.75) is 44.9 Å². The van der Waals surface area contributed by atoms with E-state index < -0.39 is 0 Å². The first-order valence-corrected chi connectivity index (χ1v) is 9.16. The van der Waals surface area contributed by atoms with Gasteiger partial charge in [0.15, 0.2) is 0 Å². The topological polar surface area (TPSA) is 21.1 Å². The van der Waals surface area contributed by atoms with E-state index in [9.17, 15) is 0 Å². The summed E-state index contributed by atoms with van der Waals surface area (Å²) in [6, 6.07) is 10.5. The molecule has 122 valence electrons. The lowest BCUT2D eigenvalue weighted by atomic mass is 9.96. The highest BCUT2D eigenvalue weighted by atomic mass is 15.3. The molecule has 1 fully saturated rings. The molecular formula is C20H27N3. The van der Waals surface area contributed by atoms with Crippen LogP contribution in [0.1, 0.15) is 49.8 Å². The molecule has 2 aliphatic rings. The third-order valence-corrected chi connectivity index (χ3v) is 5.74. The first kappa shape index (κ1) is 14.9. The minimum absolute atomic E-state index is 0.710. The minimum atomic E-state index is 0.710. The van der Waals surface area contributed by atoms with E-state index in [0.717, 1.165) is 5.92 Å². The summed E-state index contributed by atoms with van der Waals surface area (Å²) in [6.07, 6.45) is 8.64. The summed E-state index contributed by atoms with van der Waals surface area (Å²) in [6.45, 7) is 6.24. The summed E-state index contributed by atoms with van der Waals surface area (Å²) in [5, 5.41) is 4.67. The van der Waals surface area contributed by atoms with Crippen molar-refractivity contribution >= 4 is 0 Å². The van der Waals surface area contributed by atoms with Gasteiger partial charge in [0.25, 0.3) is 0 Å². The summed E-state index contributed by atoms with van der Waals surface area (Å²) in [5.41, 5.74) is 4.13. The largest absolute Gasteiger partial charge is 0.303 e. The van der Waals surface area contributed by atoms with Crippen molar-refractivity contribution < 1.29 is 0 Å². The quantitative estimate of drug-likeness (QED) is 0.850. The molecule has 0 amide bonds. The number of rotatable bonds is 4. The Balaban J connectivity index is 1.42. The third kappa shape index (κ3) is 3.07. The molecule has 1 atom stereocenters. The summed E-state index contributed by atoms with van der Waals surface area (Å²) < 4.78 is 2.15. The summed E-state index contributed by atoms with van der Waals surface area (Å²) in [7, 11) is 0. The molecule has 0 saturated carbocycles. The smallest absolute Gasteiger partial charge is 0.0648 e. The zero-order valence-corrected chi connectivity index (χ0v) is 14.1. The zero-order chi connectivity index (χ0) is 15.6. The van der Waals surface area contributed by atoms with Gasteiger partial charge in [-0.2, -0.15) is 5.10 Å². The van der Waals surface area contributed by atoms with Gasteiger partial charge in [-0.25, -0.2) is 4.68 Å². The lowest BCUT2D eigenvalue weighted by Crippen LogP contribution is -2.34. The molecule has 23 heavy (non-hydrogen) atoms. The maximum Gasteiger partial charge on any atom is 0.0648 e. The average molecular weight is 309 g/mol. The van der Waals surface area contributed by atoms with Crippen molar-refractivity contribution in [2.75, 3.05) is 19.6 Å². The highest BCUT2D eigenvalue weighted by molar-refractivity contribution is 5.38. The Morgan fingerprint density at radius 1 is 1.09 bits per heavy atom. The van der Waals surface area contributed by atoms with Gasteiger partial charge >= 0.3 is 0 Å². The van der Waals surface area contributed by atoms with Crippen LogP contribution in [0.4, 0.5) is 0 Å². The number of hydrogen-bond donors (Lipinski definition) is 0. The molecule has 0 radical (unpaired) electrons. The average Bonchev–Trinajstić information content (AvgIpc) is 3.17. The summed E-state index contributed by atoms with van der Waals surface area (Å²) in [4.78, 5) is 2.67. The molecule has 0 bridgehead atoms. The van der Waals surface area contributed by atoms with E-state index in [1.54, 1.807) is 0 Å². The number of piperidine rings is 1. The standard InChI is InChI=1S/C20H27N3/c1-16-9-12-22(13-10-16)14-11-17-7-8-20-19(17)15-21-23(20)18-5-3-2-4-6-18/h2-6,15-17H,7-14H2,1H3. The molecule has 0 N–H and O–H groups in total. The Morgan fingerprint density at radius 3 is 2.65 bits per heavy atom. The van der Waals surface area contributed by atoms with Crippen molar-refractivity contribution in [3.8, 4) is 5.69 Å². The van der Waals surface area contributed by atoms with Crippen molar-refractivity contribution in [3.05, 3.63) is 47.8 Å². The van der Waals surface area contributed by atoms with E-state index in [2.05, 4.69) is 58.1 Å².